The molecule has 0 aliphatic carbocycles. The lowest BCUT2D eigenvalue weighted by Gasteiger charge is -2.29. The molecule has 2 fully saturated rings. The maximum Gasteiger partial charge on any atom is 0.223 e. The van der Waals surface area contributed by atoms with Crippen molar-refractivity contribution in [2.24, 2.45) is 0 Å². The van der Waals surface area contributed by atoms with Gasteiger partial charge in [0.2, 0.25) is 5.43 Å². The molecular formula is C18H32Cl3N3O2. The van der Waals surface area contributed by atoms with E-state index in [0.717, 1.165) is 38.4 Å². The van der Waals surface area contributed by atoms with Crippen molar-refractivity contribution < 1.29 is 5.11 Å². The van der Waals surface area contributed by atoms with Gasteiger partial charge < -0.3 is 14.6 Å². The molecule has 1 aromatic heterocycles. The lowest BCUT2D eigenvalue weighted by Crippen LogP contribution is -2.34. The molecular weight excluding hydrogens is 397 g/mol. The first-order valence-electron chi connectivity index (χ1n) is 9.09. The lowest BCUT2D eigenvalue weighted by molar-refractivity contribution is 0.205. The Kier molecular flexibility index (Phi) is 12.6. The van der Waals surface area contributed by atoms with E-state index in [1.807, 2.05) is 0 Å². The van der Waals surface area contributed by atoms with Gasteiger partial charge in [0.1, 0.15) is 0 Å². The van der Waals surface area contributed by atoms with Crippen molar-refractivity contribution in [2.75, 3.05) is 32.7 Å². The Morgan fingerprint density at radius 3 is 1.92 bits per heavy atom. The van der Waals surface area contributed by atoms with Crippen LogP contribution >= 0.6 is 37.2 Å². The fourth-order valence-corrected chi connectivity index (χ4v) is 3.73. The van der Waals surface area contributed by atoms with Crippen LogP contribution in [0.15, 0.2) is 17.1 Å². The van der Waals surface area contributed by atoms with Gasteiger partial charge >= 0.3 is 0 Å². The molecule has 0 atom stereocenters. The first-order valence-corrected chi connectivity index (χ1v) is 9.09. The van der Waals surface area contributed by atoms with Crippen molar-refractivity contribution >= 4 is 37.2 Å². The van der Waals surface area contributed by atoms with Gasteiger partial charge in [-0.15, -0.1) is 37.2 Å². The third kappa shape index (κ3) is 7.28. The molecule has 2 aliphatic rings. The van der Waals surface area contributed by atoms with Gasteiger partial charge in [-0.3, -0.25) is 9.69 Å². The highest BCUT2D eigenvalue weighted by molar-refractivity contribution is 5.86. The van der Waals surface area contributed by atoms with E-state index in [2.05, 4.69) is 14.4 Å². The van der Waals surface area contributed by atoms with Gasteiger partial charge in [-0.25, -0.2) is 0 Å². The molecule has 0 bridgehead atoms. The molecule has 0 amide bonds. The molecule has 8 heteroatoms. The summed E-state index contributed by atoms with van der Waals surface area (Å²) in [4.78, 5) is 16.8. The number of rotatable bonds is 5. The summed E-state index contributed by atoms with van der Waals surface area (Å²) in [5.41, 5.74) is 0.776. The average molecular weight is 429 g/mol. The Bertz CT molecular complexity index is 571. The predicted molar refractivity (Wildman–Crippen MR) is 114 cm³/mol. The van der Waals surface area contributed by atoms with Gasteiger partial charge in [-0.05, 0) is 51.9 Å². The van der Waals surface area contributed by atoms with E-state index in [0.29, 0.717) is 0 Å². The summed E-state index contributed by atoms with van der Waals surface area (Å²) in [5.74, 6) is -0.133. The van der Waals surface area contributed by atoms with Gasteiger partial charge in [-0.1, -0.05) is 12.8 Å². The molecule has 1 aromatic rings. The molecule has 0 saturated carbocycles. The molecule has 3 heterocycles. The Balaban J connectivity index is 0.00000208. The van der Waals surface area contributed by atoms with Crippen LogP contribution in [0.1, 0.15) is 44.2 Å². The number of hydrogen-bond donors (Lipinski definition) is 1. The van der Waals surface area contributed by atoms with E-state index in [9.17, 15) is 9.90 Å². The van der Waals surface area contributed by atoms with Crippen LogP contribution in [0.3, 0.4) is 0 Å². The summed E-state index contributed by atoms with van der Waals surface area (Å²) in [6.45, 7) is 7.23. The highest BCUT2D eigenvalue weighted by Crippen LogP contribution is 2.15. The molecule has 1 N–H and O–H groups in total. The van der Waals surface area contributed by atoms with Crippen LogP contribution in [0, 0.1) is 0 Å². The minimum Gasteiger partial charge on any atom is -0.503 e. The fourth-order valence-electron chi connectivity index (χ4n) is 3.73. The predicted octanol–water partition coefficient (Wildman–Crippen LogP) is 3.29. The zero-order chi connectivity index (χ0) is 16.1. The molecule has 0 unspecified atom stereocenters. The number of pyridine rings is 1. The van der Waals surface area contributed by atoms with Crippen molar-refractivity contribution in [1.29, 1.82) is 0 Å². The number of aromatic nitrogens is 1. The van der Waals surface area contributed by atoms with Crippen LogP contribution < -0.4 is 5.43 Å². The molecule has 26 heavy (non-hydrogen) atoms. The first kappa shape index (κ1) is 25.5. The van der Waals surface area contributed by atoms with Crippen molar-refractivity contribution in [3.05, 3.63) is 28.2 Å². The number of nitrogens with zero attached hydrogens (tertiary/aromatic N) is 3. The summed E-state index contributed by atoms with van der Waals surface area (Å²) in [6, 6.07) is 1.63. The Morgan fingerprint density at radius 2 is 1.35 bits per heavy atom. The van der Waals surface area contributed by atoms with Crippen molar-refractivity contribution in [3.63, 3.8) is 0 Å². The summed E-state index contributed by atoms with van der Waals surface area (Å²) >= 11 is 0. The van der Waals surface area contributed by atoms with E-state index in [4.69, 9.17) is 0 Å². The van der Waals surface area contributed by atoms with Crippen LogP contribution in [0.25, 0.3) is 0 Å². The molecule has 0 radical (unpaired) electrons. The largest absolute Gasteiger partial charge is 0.503 e. The molecule has 152 valence electrons. The zero-order valence-electron chi connectivity index (χ0n) is 15.3. The van der Waals surface area contributed by atoms with Crippen molar-refractivity contribution in [2.45, 2.75) is 51.6 Å². The topological polar surface area (TPSA) is 48.7 Å². The molecule has 0 aromatic carbocycles. The molecule has 5 nitrogen and oxygen atoms in total. The van der Waals surface area contributed by atoms with Gasteiger partial charge in [0.25, 0.3) is 0 Å². The Hall–Kier alpha value is -0.460. The van der Waals surface area contributed by atoms with Crippen LogP contribution in [0.2, 0.25) is 0 Å². The molecule has 0 spiro atoms. The van der Waals surface area contributed by atoms with E-state index in [-0.39, 0.29) is 48.4 Å². The average Bonchev–Trinajstić information content (AvgIpc) is 2.58. The number of piperidine rings is 2. The summed E-state index contributed by atoms with van der Waals surface area (Å²) in [6.07, 6.45) is 9.35. The highest BCUT2D eigenvalue weighted by Gasteiger charge is 2.15. The third-order valence-electron chi connectivity index (χ3n) is 5.14. The smallest absolute Gasteiger partial charge is 0.223 e. The van der Waals surface area contributed by atoms with E-state index in [1.54, 1.807) is 12.3 Å². The second kappa shape index (κ2) is 12.8. The standard InChI is InChI=1S/C18H29N3O2.3ClH/c22-17-13-16(14-20-9-5-2-6-10-20)21(15-18(17)23)12-11-19-7-3-1-4-8-19;;;/h13,15,23H,1-12,14H2;3*1H. The second-order valence-corrected chi connectivity index (χ2v) is 6.95. The van der Waals surface area contributed by atoms with Gasteiger partial charge in [0.05, 0.1) is 6.20 Å². The van der Waals surface area contributed by atoms with Crippen molar-refractivity contribution in [3.8, 4) is 5.75 Å². The quantitative estimate of drug-likeness (QED) is 0.782. The number of aromatic hydroxyl groups is 1. The van der Waals surface area contributed by atoms with Crippen LogP contribution in [0.5, 0.6) is 5.75 Å². The minimum absolute atomic E-state index is 0. The molecule has 2 saturated heterocycles. The summed E-state index contributed by atoms with van der Waals surface area (Å²) < 4.78 is 2.08. The van der Waals surface area contributed by atoms with Gasteiger partial charge in [-0.2, -0.15) is 0 Å². The monoisotopic (exact) mass is 427 g/mol. The number of hydrogen-bond acceptors (Lipinski definition) is 4. The third-order valence-corrected chi connectivity index (χ3v) is 5.14. The Labute approximate surface area is 175 Å². The van der Waals surface area contributed by atoms with Gasteiger partial charge in [0.15, 0.2) is 5.75 Å². The maximum absolute atomic E-state index is 11.8. The van der Waals surface area contributed by atoms with E-state index < -0.39 is 0 Å². The van der Waals surface area contributed by atoms with Crippen LogP contribution in [-0.2, 0) is 13.1 Å². The van der Waals surface area contributed by atoms with Gasteiger partial charge in [0, 0.05) is 31.4 Å². The van der Waals surface area contributed by atoms with Crippen LogP contribution in [-0.4, -0.2) is 52.2 Å². The normalized spacial score (nSPS) is 18.3. The number of halogens is 3. The van der Waals surface area contributed by atoms with E-state index in [1.165, 1.54) is 51.6 Å². The minimum atomic E-state index is -0.258. The SMILES string of the molecule is Cl.Cl.Cl.O=c1cc(CN2CCCCC2)n(CCN2CCCCC2)cc1O. The summed E-state index contributed by atoms with van der Waals surface area (Å²) in [5, 5.41) is 9.81. The maximum atomic E-state index is 11.8. The second-order valence-electron chi connectivity index (χ2n) is 6.95. The van der Waals surface area contributed by atoms with Crippen LogP contribution in [0.4, 0.5) is 0 Å². The highest BCUT2D eigenvalue weighted by atomic mass is 35.5. The summed E-state index contributed by atoms with van der Waals surface area (Å²) in [7, 11) is 0. The fraction of sp³-hybridized carbons (Fsp3) is 0.722. The first-order chi connectivity index (χ1) is 11.2. The van der Waals surface area contributed by atoms with E-state index >= 15 is 0 Å². The Morgan fingerprint density at radius 1 is 0.808 bits per heavy atom. The lowest BCUT2D eigenvalue weighted by atomic mass is 10.1. The zero-order valence-corrected chi connectivity index (χ0v) is 17.7. The number of likely N-dealkylation sites (tertiary alicyclic amines) is 2. The molecule has 3 rings (SSSR count). The van der Waals surface area contributed by atoms with Crippen molar-refractivity contribution in [1.82, 2.24) is 14.4 Å². The molecule has 2 aliphatic heterocycles.